The first-order valence-corrected chi connectivity index (χ1v) is 22.3. The van der Waals surface area contributed by atoms with Gasteiger partial charge in [0, 0.05) is 38.6 Å². The van der Waals surface area contributed by atoms with Crippen LogP contribution in [0, 0.1) is 5.92 Å². The Morgan fingerprint density at radius 3 is 1.52 bits per heavy atom. The van der Waals surface area contributed by atoms with Crippen LogP contribution < -0.4 is 0 Å². The highest BCUT2D eigenvalue weighted by atomic mass is 32.3. The second-order valence-corrected chi connectivity index (χ2v) is 16.9. The first-order chi connectivity index (χ1) is 22.4. The summed E-state index contributed by atoms with van der Waals surface area (Å²) in [5.74, 6) is 0.904. The number of hydrogen-bond donors (Lipinski definition) is 2. The summed E-state index contributed by atoms with van der Waals surface area (Å²) in [6.07, 6.45) is 36.2. The molecule has 0 rings (SSSR count). The lowest BCUT2D eigenvalue weighted by molar-refractivity contribution is -0.0843. The molecule has 2 atom stereocenters. The molecule has 0 saturated heterocycles. The molecule has 2 N–H and O–H groups in total. The second kappa shape index (κ2) is 35.0. The standard InChI is InChI=1S/C39H83NO5S/c1-6-8-9-10-11-18-22-27-36-43-39(30-25-20-17-15-13-12-14-16-19-24-29-38(3)7-2)45-46(4,5)44-37-28-23-21-26-31-40(32-34-41)33-35-42/h38-39,41-42H,6-37H2,1-5H3. The van der Waals surface area contributed by atoms with E-state index in [1.165, 1.54) is 116 Å². The van der Waals surface area contributed by atoms with E-state index in [-0.39, 0.29) is 19.5 Å². The minimum Gasteiger partial charge on any atom is -0.395 e. The normalized spacial score (nSPS) is 13.9. The zero-order valence-electron chi connectivity index (χ0n) is 31.8. The van der Waals surface area contributed by atoms with E-state index in [0.717, 1.165) is 70.6 Å². The molecule has 7 heteroatoms. The predicted octanol–water partition coefficient (Wildman–Crippen LogP) is 11.0. The molecular formula is C39H83NO5S. The summed E-state index contributed by atoms with van der Waals surface area (Å²) in [4.78, 5) is 2.13. The van der Waals surface area contributed by atoms with E-state index in [0.29, 0.717) is 13.1 Å². The summed E-state index contributed by atoms with van der Waals surface area (Å²) in [6.45, 7) is 11.0. The highest BCUT2D eigenvalue weighted by Gasteiger charge is 2.18. The van der Waals surface area contributed by atoms with Crippen molar-refractivity contribution in [3.05, 3.63) is 0 Å². The van der Waals surface area contributed by atoms with Crippen LogP contribution in [0.1, 0.15) is 181 Å². The summed E-state index contributed by atoms with van der Waals surface area (Å²) in [5, 5.41) is 18.4. The Morgan fingerprint density at radius 2 is 1.00 bits per heavy atom. The minimum absolute atomic E-state index is 0.147. The third kappa shape index (κ3) is 32.6. The van der Waals surface area contributed by atoms with Crippen LogP contribution in [0.25, 0.3) is 0 Å². The fraction of sp³-hybridized carbons (Fsp3) is 1.00. The molecule has 0 spiro atoms. The molecule has 6 nitrogen and oxygen atoms in total. The van der Waals surface area contributed by atoms with Crippen LogP contribution in [-0.4, -0.2) is 80.0 Å². The number of ether oxygens (including phenoxy) is 1. The summed E-state index contributed by atoms with van der Waals surface area (Å²) in [6, 6.07) is 0. The number of nitrogens with zero attached hydrogens (tertiary/aromatic N) is 1. The molecule has 2 unspecified atom stereocenters. The van der Waals surface area contributed by atoms with E-state index in [9.17, 15) is 10.2 Å². The molecule has 280 valence electrons. The Bertz CT molecular complexity index is 591. The lowest BCUT2D eigenvalue weighted by Gasteiger charge is -2.38. The molecular weight excluding hydrogens is 594 g/mol. The number of aliphatic hydroxyl groups is 2. The topological polar surface area (TPSA) is 71.4 Å². The highest BCUT2D eigenvalue weighted by molar-refractivity contribution is 8.24. The van der Waals surface area contributed by atoms with Crippen molar-refractivity contribution in [2.45, 2.75) is 188 Å². The van der Waals surface area contributed by atoms with Crippen molar-refractivity contribution in [2.75, 3.05) is 58.6 Å². The summed E-state index contributed by atoms with van der Waals surface area (Å²) < 4.78 is 19.1. The van der Waals surface area contributed by atoms with Crippen LogP contribution in [0.5, 0.6) is 0 Å². The van der Waals surface area contributed by atoms with Gasteiger partial charge in [0.2, 0.25) is 0 Å². The van der Waals surface area contributed by atoms with Crippen molar-refractivity contribution in [3.8, 4) is 0 Å². The Labute approximate surface area is 290 Å². The van der Waals surface area contributed by atoms with Gasteiger partial charge < -0.3 is 14.9 Å². The Kier molecular flexibility index (Phi) is 35.0. The first kappa shape index (κ1) is 46.1. The summed E-state index contributed by atoms with van der Waals surface area (Å²) >= 11 is 0. The van der Waals surface area contributed by atoms with Gasteiger partial charge in [0.05, 0.1) is 19.8 Å². The zero-order valence-corrected chi connectivity index (χ0v) is 32.6. The Balaban J connectivity index is 4.28. The molecule has 0 aliphatic heterocycles. The molecule has 0 saturated carbocycles. The molecule has 0 aliphatic rings. The van der Waals surface area contributed by atoms with E-state index in [1.54, 1.807) is 0 Å². The monoisotopic (exact) mass is 678 g/mol. The number of hydrogen-bond acceptors (Lipinski definition) is 6. The maximum atomic E-state index is 9.18. The third-order valence-corrected chi connectivity index (χ3v) is 10.7. The fourth-order valence-electron chi connectivity index (χ4n) is 5.99. The van der Waals surface area contributed by atoms with Gasteiger partial charge in [0.25, 0.3) is 0 Å². The van der Waals surface area contributed by atoms with Gasteiger partial charge in [0.15, 0.2) is 6.29 Å². The molecule has 0 aliphatic carbocycles. The second-order valence-electron chi connectivity index (χ2n) is 14.2. The Hall–Kier alpha value is 0.110. The van der Waals surface area contributed by atoms with Gasteiger partial charge in [0.1, 0.15) is 0 Å². The van der Waals surface area contributed by atoms with Crippen LogP contribution >= 0.6 is 10.6 Å². The van der Waals surface area contributed by atoms with Crippen LogP contribution in [0.4, 0.5) is 0 Å². The minimum atomic E-state index is -1.62. The zero-order chi connectivity index (χ0) is 34.0. The number of unbranched alkanes of at least 4 members (excludes halogenated alkanes) is 19. The van der Waals surface area contributed by atoms with Gasteiger partial charge in [-0.05, 0) is 38.1 Å². The van der Waals surface area contributed by atoms with Crippen LogP contribution in [0.15, 0.2) is 0 Å². The van der Waals surface area contributed by atoms with Crippen molar-refractivity contribution in [3.63, 3.8) is 0 Å². The Morgan fingerprint density at radius 1 is 0.543 bits per heavy atom. The summed E-state index contributed by atoms with van der Waals surface area (Å²) in [5.41, 5.74) is 0. The molecule has 0 fully saturated rings. The smallest absolute Gasteiger partial charge is 0.180 e. The van der Waals surface area contributed by atoms with Gasteiger partial charge in [-0.1, -0.05) is 149 Å². The largest absolute Gasteiger partial charge is 0.395 e. The third-order valence-electron chi connectivity index (χ3n) is 9.29. The van der Waals surface area contributed by atoms with Gasteiger partial charge in [-0.3, -0.25) is 13.3 Å². The van der Waals surface area contributed by atoms with Crippen molar-refractivity contribution in [2.24, 2.45) is 5.92 Å². The van der Waals surface area contributed by atoms with Crippen molar-refractivity contribution in [1.29, 1.82) is 0 Å². The first-order valence-electron chi connectivity index (χ1n) is 20.0. The number of aliphatic hydroxyl groups excluding tert-OH is 2. The van der Waals surface area contributed by atoms with Crippen molar-refractivity contribution >= 4 is 10.6 Å². The molecule has 0 heterocycles. The van der Waals surface area contributed by atoms with Gasteiger partial charge in [-0.2, -0.15) is 10.6 Å². The van der Waals surface area contributed by atoms with Crippen molar-refractivity contribution < 1.29 is 23.3 Å². The quantitative estimate of drug-likeness (QED) is 0.0501. The van der Waals surface area contributed by atoms with Gasteiger partial charge in [-0.15, -0.1) is 0 Å². The van der Waals surface area contributed by atoms with E-state index in [4.69, 9.17) is 13.1 Å². The van der Waals surface area contributed by atoms with Gasteiger partial charge in [-0.25, -0.2) is 0 Å². The average molecular weight is 678 g/mol. The van der Waals surface area contributed by atoms with E-state index in [1.807, 2.05) is 0 Å². The lowest BCUT2D eigenvalue weighted by atomic mass is 9.99. The van der Waals surface area contributed by atoms with E-state index >= 15 is 0 Å². The molecule has 0 aromatic rings. The lowest BCUT2D eigenvalue weighted by Crippen LogP contribution is -2.30. The maximum absolute atomic E-state index is 9.18. The molecule has 0 aromatic carbocycles. The van der Waals surface area contributed by atoms with Crippen molar-refractivity contribution in [1.82, 2.24) is 4.90 Å². The SMILES string of the molecule is CCCCCCCCCCOC(CCCCCCCCCCCCC(C)CC)OS(C)(C)OCCCCCCN(CCO)CCO. The van der Waals surface area contributed by atoms with Crippen LogP contribution in [-0.2, 0) is 13.1 Å². The van der Waals surface area contributed by atoms with Gasteiger partial charge >= 0.3 is 0 Å². The van der Waals surface area contributed by atoms with Crippen LogP contribution in [0.3, 0.4) is 0 Å². The fourth-order valence-corrected chi connectivity index (χ4v) is 7.23. The van der Waals surface area contributed by atoms with E-state index < -0.39 is 10.6 Å². The molecule has 46 heavy (non-hydrogen) atoms. The molecule has 0 bridgehead atoms. The molecule has 0 radical (unpaired) electrons. The highest BCUT2D eigenvalue weighted by Crippen LogP contribution is 2.44. The maximum Gasteiger partial charge on any atom is 0.180 e. The van der Waals surface area contributed by atoms with Crippen LogP contribution in [0.2, 0.25) is 0 Å². The number of rotatable bonds is 38. The molecule has 0 aromatic heterocycles. The van der Waals surface area contributed by atoms with E-state index in [2.05, 4.69) is 38.2 Å². The molecule has 0 amide bonds. The summed E-state index contributed by atoms with van der Waals surface area (Å²) in [7, 11) is -1.62. The average Bonchev–Trinajstić information content (AvgIpc) is 3.03. The predicted molar refractivity (Wildman–Crippen MR) is 203 cm³/mol.